The van der Waals surface area contributed by atoms with Gasteiger partial charge >= 0.3 is 6.09 Å². The number of ether oxygens (including phenoxy) is 3. The van der Waals surface area contributed by atoms with E-state index in [0.717, 1.165) is 6.07 Å². The predicted octanol–water partition coefficient (Wildman–Crippen LogP) is 4.87. The van der Waals surface area contributed by atoms with Crippen molar-refractivity contribution in [1.82, 2.24) is 19.8 Å². The Balaban J connectivity index is 1.49. The molecule has 1 aromatic heterocycles. The lowest BCUT2D eigenvalue weighted by molar-refractivity contribution is 0.0223. The monoisotopic (exact) mass is 628 g/mol. The van der Waals surface area contributed by atoms with Gasteiger partial charge in [-0.05, 0) is 52.0 Å². The summed E-state index contributed by atoms with van der Waals surface area (Å²) in [6.45, 7) is 10.9. The highest BCUT2D eigenvalue weighted by molar-refractivity contribution is 5.98. The van der Waals surface area contributed by atoms with Crippen molar-refractivity contribution < 1.29 is 32.6 Å². The van der Waals surface area contributed by atoms with E-state index in [9.17, 15) is 18.4 Å². The molecule has 11 nitrogen and oxygen atoms in total. The summed E-state index contributed by atoms with van der Waals surface area (Å²) in [7, 11) is 3.31. The van der Waals surface area contributed by atoms with Crippen molar-refractivity contribution >= 4 is 34.5 Å². The Kier molecular flexibility index (Phi) is 11.1. The lowest BCUT2D eigenvalue weighted by Gasteiger charge is -2.28. The normalized spacial score (nSPS) is 14.3. The molecule has 3 aromatic rings. The zero-order valence-electron chi connectivity index (χ0n) is 26.7. The number of anilines is 2. The number of benzene rings is 2. The van der Waals surface area contributed by atoms with Crippen LogP contribution in [0.4, 0.5) is 25.1 Å². The van der Waals surface area contributed by atoms with Crippen LogP contribution < -0.4 is 10.2 Å². The summed E-state index contributed by atoms with van der Waals surface area (Å²) < 4.78 is 44.3. The number of aromatic nitrogens is 2. The number of hydrogen-bond acceptors (Lipinski definition) is 9. The highest BCUT2D eigenvalue weighted by atomic mass is 19.1. The number of nitrogens with zero attached hydrogens (tertiary/aromatic N) is 5. The number of fused-ring (bicyclic) bond motifs is 1. The first-order valence-corrected chi connectivity index (χ1v) is 14.9. The fraction of sp³-hybridized carbons (Fsp3) is 0.500. The van der Waals surface area contributed by atoms with E-state index in [1.165, 1.54) is 21.9 Å². The Morgan fingerprint density at radius 3 is 2.31 bits per heavy atom. The zero-order chi connectivity index (χ0) is 32.7. The first kappa shape index (κ1) is 33.8. The first-order valence-electron chi connectivity index (χ1n) is 14.9. The maximum absolute atomic E-state index is 13.9. The standard InChI is InChI=1S/C32H42F2N6O5/c1-21(36-25-18-23(33)17-24(34)19-25)26-15-22(16-27-29(26)37-28(20-35-27)40-9-13-44-14-10-40)30(41)38(5)7-11-43-12-8-39(6)31(42)45-32(2,3)4/h15-21,36H,7-14H2,1-6H3. The molecule has 1 atom stereocenters. The van der Waals surface area contributed by atoms with Crippen LogP contribution in [0.3, 0.4) is 0 Å². The molecule has 1 unspecified atom stereocenters. The summed E-state index contributed by atoms with van der Waals surface area (Å²) in [5, 5.41) is 3.14. The van der Waals surface area contributed by atoms with Crippen LogP contribution in [0.2, 0.25) is 0 Å². The van der Waals surface area contributed by atoms with E-state index in [4.69, 9.17) is 19.2 Å². The summed E-state index contributed by atoms with van der Waals surface area (Å²) in [5.41, 5.74) is 1.80. The van der Waals surface area contributed by atoms with Gasteiger partial charge in [0.05, 0.1) is 49.7 Å². The Morgan fingerprint density at radius 1 is 1.02 bits per heavy atom. The number of amides is 2. The fourth-order valence-electron chi connectivity index (χ4n) is 4.75. The van der Waals surface area contributed by atoms with Crippen molar-refractivity contribution in [3.8, 4) is 0 Å². The van der Waals surface area contributed by atoms with Crippen molar-refractivity contribution in [3.63, 3.8) is 0 Å². The van der Waals surface area contributed by atoms with Crippen molar-refractivity contribution in [2.75, 3.05) is 76.9 Å². The van der Waals surface area contributed by atoms with Gasteiger partial charge in [-0.15, -0.1) is 0 Å². The van der Waals surface area contributed by atoms with E-state index in [2.05, 4.69) is 15.2 Å². The van der Waals surface area contributed by atoms with E-state index in [0.29, 0.717) is 67.4 Å². The summed E-state index contributed by atoms with van der Waals surface area (Å²) in [6.07, 6.45) is 1.24. The molecule has 244 valence electrons. The van der Waals surface area contributed by atoms with Crippen molar-refractivity contribution in [2.24, 2.45) is 0 Å². The van der Waals surface area contributed by atoms with Crippen LogP contribution in [0.15, 0.2) is 36.5 Å². The highest BCUT2D eigenvalue weighted by Gasteiger charge is 2.22. The van der Waals surface area contributed by atoms with Crippen LogP contribution >= 0.6 is 0 Å². The lowest BCUT2D eigenvalue weighted by atomic mass is 10.0. The second-order valence-corrected chi connectivity index (χ2v) is 12.0. The van der Waals surface area contributed by atoms with Crippen molar-refractivity contribution in [2.45, 2.75) is 39.3 Å². The van der Waals surface area contributed by atoms with Gasteiger partial charge in [-0.3, -0.25) is 9.78 Å². The smallest absolute Gasteiger partial charge is 0.410 e. The molecule has 2 amide bonds. The minimum absolute atomic E-state index is 0.254. The number of likely N-dealkylation sites (N-methyl/N-ethyl adjacent to an activating group) is 2. The van der Waals surface area contributed by atoms with E-state index in [-0.39, 0.29) is 24.8 Å². The molecule has 1 saturated heterocycles. The Morgan fingerprint density at radius 2 is 1.67 bits per heavy atom. The van der Waals surface area contributed by atoms with Crippen LogP contribution in [-0.2, 0) is 14.2 Å². The van der Waals surface area contributed by atoms with Crippen molar-refractivity contribution in [3.05, 3.63) is 59.3 Å². The molecule has 0 bridgehead atoms. The molecule has 0 spiro atoms. The molecule has 2 aromatic carbocycles. The minimum Gasteiger partial charge on any atom is -0.444 e. The van der Waals surface area contributed by atoms with Crippen LogP contribution in [0.1, 0.15) is 49.7 Å². The third-order valence-corrected chi connectivity index (χ3v) is 7.15. The predicted molar refractivity (Wildman–Crippen MR) is 168 cm³/mol. The van der Waals surface area contributed by atoms with Gasteiger partial charge in [0.2, 0.25) is 0 Å². The number of nitrogens with one attached hydrogen (secondary N) is 1. The van der Waals surface area contributed by atoms with Gasteiger partial charge in [-0.25, -0.2) is 18.6 Å². The SMILES string of the molecule is CC(Nc1cc(F)cc(F)c1)c1cc(C(=O)N(C)CCOCCN(C)C(=O)OC(C)(C)C)cc2ncc(N3CCOCC3)nc12. The van der Waals surface area contributed by atoms with Gasteiger partial charge in [-0.2, -0.15) is 0 Å². The van der Waals surface area contributed by atoms with Crippen LogP contribution in [-0.4, -0.2) is 104 Å². The molecule has 1 aliphatic heterocycles. The van der Waals surface area contributed by atoms with E-state index < -0.39 is 29.4 Å². The first-order chi connectivity index (χ1) is 21.3. The van der Waals surface area contributed by atoms with Gasteiger partial charge < -0.3 is 34.2 Å². The second-order valence-electron chi connectivity index (χ2n) is 12.0. The maximum Gasteiger partial charge on any atom is 0.410 e. The molecule has 2 heterocycles. The number of halogens is 2. The molecule has 0 aliphatic carbocycles. The molecule has 1 N–H and O–H groups in total. The van der Waals surface area contributed by atoms with Gasteiger partial charge in [0.15, 0.2) is 0 Å². The Labute approximate surface area is 262 Å². The quantitative estimate of drug-likeness (QED) is 0.298. The van der Waals surface area contributed by atoms with E-state index in [1.54, 1.807) is 53.2 Å². The van der Waals surface area contributed by atoms with E-state index >= 15 is 0 Å². The fourth-order valence-corrected chi connectivity index (χ4v) is 4.75. The molecule has 13 heteroatoms. The minimum atomic E-state index is -0.701. The molecular formula is C32H42F2N6O5. The number of carbonyl (C=O) groups is 2. The third kappa shape index (κ3) is 9.44. The van der Waals surface area contributed by atoms with Gasteiger partial charge in [0, 0.05) is 63.2 Å². The van der Waals surface area contributed by atoms with E-state index in [1.807, 2.05) is 6.92 Å². The summed E-state index contributed by atoms with van der Waals surface area (Å²) in [5.74, 6) is -0.973. The summed E-state index contributed by atoms with van der Waals surface area (Å²) in [6, 6.07) is 6.18. The summed E-state index contributed by atoms with van der Waals surface area (Å²) >= 11 is 0. The maximum atomic E-state index is 13.9. The Bertz CT molecular complexity index is 1470. The molecule has 45 heavy (non-hydrogen) atoms. The largest absolute Gasteiger partial charge is 0.444 e. The van der Waals surface area contributed by atoms with Gasteiger partial charge in [0.1, 0.15) is 23.1 Å². The molecule has 0 radical (unpaired) electrons. The molecular weight excluding hydrogens is 586 g/mol. The van der Waals surface area contributed by atoms with Crippen LogP contribution in [0.5, 0.6) is 0 Å². The number of hydrogen-bond donors (Lipinski definition) is 1. The molecule has 1 fully saturated rings. The zero-order valence-corrected chi connectivity index (χ0v) is 26.7. The molecule has 4 rings (SSSR count). The number of morpholine rings is 1. The van der Waals surface area contributed by atoms with Crippen molar-refractivity contribution in [1.29, 1.82) is 0 Å². The molecule has 0 saturated carbocycles. The lowest BCUT2D eigenvalue weighted by Crippen LogP contribution is -2.36. The Hall–Kier alpha value is -4.10. The van der Waals surface area contributed by atoms with Gasteiger partial charge in [0.25, 0.3) is 5.91 Å². The number of rotatable bonds is 11. The van der Waals surface area contributed by atoms with Gasteiger partial charge in [-0.1, -0.05) is 0 Å². The number of carbonyl (C=O) groups excluding carboxylic acids is 2. The topological polar surface area (TPSA) is 109 Å². The second kappa shape index (κ2) is 14.8. The van der Waals surface area contributed by atoms with Crippen LogP contribution in [0.25, 0.3) is 11.0 Å². The third-order valence-electron chi connectivity index (χ3n) is 7.15. The molecule has 1 aliphatic rings. The average molecular weight is 629 g/mol. The van der Waals surface area contributed by atoms with Crippen LogP contribution in [0, 0.1) is 11.6 Å². The average Bonchev–Trinajstić information content (AvgIpc) is 2.98. The highest BCUT2D eigenvalue weighted by Crippen LogP contribution is 2.29. The summed E-state index contributed by atoms with van der Waals surface area (Å²) in [4.78, 5) is 40.3.